The van der Waals surface area contributed by atoms with Crippen molar-refractivity contribution >= 4 is 26.8 Å². The van der Waals surface area contributed by atoms with Crippen molar-refractivity contribution < 1.29 is 0 Å². The lowest BCUT2D eigenvalue weighted by molar-refractivity contribution is 0.498. The van der Waals surface area contributed by atoms with E-state index in [-0.39, 0.29) is 0 Å². The lowest BCUT2D eigenvalue weighted by atomic mass is 10.2. The summed E-state index contributed by atoms with van der Waals surface area (Å²) in [5, 5.41) is 5.50. The van der Waals surface area contributed by atoms with E-state index in [0.29, 0.717) is 6.04 Å². The summed E-state index contributed by atoms with van der Waals surface area (Å²) >= 11 is 3.50. The zero-order chi connectivity index (χ0) is 13.4. The molecule has 4 nitrogen and oxygen atoms in total. The van der Waals surface area contributed by atoms with Crippen molar-refractivity contribution in [2.75, 3.05) is 0 Å². The van der Waals surface area contributed by atoms with Crippen molar-refractivity contribution in [2.45, 2.75) is 26.4 Å². The number of hydrogen-bond acceptors (Lipinski definition) is 2. The fraction of sp³-hybridized carbons (Fsp3) is 0.286. The monoisotopic (exact) mass is 318 g/mol. The smallest absolute Gasteiger partial charge is 0.147 e. The molecule has 0 aliphatic heterocycles. The van der Waals surface area contributed by atoms with Gasteiger partial charge >= 0.3 is 0 Å². The van der Waals surface area contributed by atoms with E-state index >= 15 is 0 Å². The number of hydrogen-bond donors (Lipinski definition) is 0. The second-order valence-corrected chi connectivity index (χ2v) is 5.78. The van der Waals surface area contributed by atoms with Gasteiger partial charge in [-0.2, -0.15) is 5.10 Å². The second-order valence-electron chi connectivity index (χ2n) is 4.86. The van der Waals surface area contributed by atoms with Gasteiger partial charge in [-0.1, -0.05) is 15.9 Å². The zero-order valence-electron chi connectivity index (χ0n) is 10.9. The molecular formula is C14H15BrN4. The molecule has 2 heterocycles. The summed E-state index contributed by atoms with van der Waals surface area (Å²) in [5.74, 6) is 0.982. The van der Waals surface area contributed by atoms with Gasteiger partial charge in [0.25, 0.3) is 0 Å². The number of nitrogens with zero attached hydrogens (tertiary/aromatic N) is 4. The molecule has 5 heteroatoms. The largest absolute Gasteiger partial charge is 0.340 e. The molecular weight excluding hydrogens is 304 g/mol. The Balaban J connectivity index is 1.99. The van der Waals surface area contributed by atoms with Gasteiger partial charge in [-0.15, -0.1) is 0 Å². The van der Waals surface area contributed by atoms with Crippen molar-refractivity contribution in [3.05, 3.63) is 47.1 Å². The number of benzene rings is 1. The molecule has 3 rings (SSSR count). The molecule has 0 N–H and O–H groups in total. The van der Waals surface area contributed by atoms with Crippen LogP contribution in [0, 0.1) is 0 Å². The highest BCUT2D eigenvalue weighted by Crippen LogP contribution is 2.21. The molecule has 0 aliphatic carbocycles. The van der Waals surface area contributed by atoms with Gasteiger partial charge < -0.3 is 4.57 Å². The van der Waals surface area contributed by atoms with E-state index in [1.165, 1.54) is 10.9 Å². The Morgan fingerprint density at radius 1 is 1.26 bits per heavy atom. The van der Waals surface area contributed by atoms with Gasteiger partial charge in [-0.05, 0) is 38.1 Å². The minimum atomic E-state index is 0.327. The number of fused-ring (bicyclic) bond motifs is 1. The van der Waals surface area contributed by atoms with Gasteiger partial charge in [0.05, 0.1) is 6.54 Å². The van der Waals surface area contributed by atoms with Crippen molar-refractivity contribution in [2.24, 2.45) is 0 Å². The first-order valence-corrected chi connectivity index (χ1v) is 7.07. The molecule has 0 bridgehead atoms. The third-order valence-corrected chi connectivity index (χ3v) is 3.67. The van der Waals surface area contributed by atoms with Gasteiger partial charge in [0.2, 0.25) is 0 Å². The summed E-state index contributed by atoms with van der Waals surface area (Å²) in [5.41, 5.74) is 1.21. The maximum atomic E-state index is 4.36. The number of rotatable bonds is 3. The first-order chi connectivity index (χ1) is 9.15. The molecule has 0 spiro atoms. The van der Waals surface area contributed by atoms with Crippen molar-refractivity contribution in [1.82, 2.24) is 19.3 Å². The van der Waals surface area contributed by atoms with Crippen LogP contribution in [-0.4, -0.2) is 19.3 Å². The average molecular weight is 319 g/mol. The SMILES string of the molecule is CC(C)n1ncnc1Cn1ccc2cc(Br)ccc21. The summed E-state index contributed by atoms with van der Waals surface area (Å²) < 4.78 is 5.26. The molecule has 1 aromatic carbocycles. The topological polar surface area (TPSA) is 35.6 Å². The first-order valence-electron chi connectivity index (χ1n) is 6.28. The summed E-state index contributed by atoms with van der Waals surface area (Å²) in [4.78, 5) is 4.36. The molecule has 0 fully saturated rings. The molecule has 3 aromatic rings. The highest BCUT2D eigenvalue weighted by molar-refractivity contribution is 9.10. The van der Waals surface area contributed by atoms with Gasteiger partial charge in [0.15, 0.2) is 0 Å². The molecule has 2 aromatic heterocycles. The van der Waals surface area contributed by atoms with Crippen LogP contribution in [0.25, 0.3) is 10.9 Å². The summed E-state index contributed by atoms with van der Waals surface area (Å²) in [6, 6.07) is 8.75. The van der Waals surface area contributed by atoms with Gasteiger partial charge in [0.1, 0.15) is 12.2 Å². The standard InChI is InChI=1S/C14H15BrN4/c1-10(2)19-14(16-9-17-19)8-18-6-5-11-7-12(15)3-4-13(11)18/h3-7,9-10H,8H2,1-2H3. The van der Waals surface area contributed by atoms with E-state index in [2.05, 4.69) is 74.9 Å². The van der Waals surface area contributed by atoms with Crippen LogP contribution in [0.1, 0.15) is 25.7 Å². The number of halogens is 1. The van der Waals surface area contributed by atoms with Crippen LogP contribution in [-0.2, 0) is 6.54 Å². The average Bonchev–Trinajstić information content (AvgIpc) is 2.97. The minimum absolute atomic E-state index is 0.327. The normalized spacial score (nSPS) is 11.6. The molecule has 98 valence electrons. The maximum absolute atomic E-state index is 4.36. The van der Waals surface area contributed by atoms with Gasteiger partial charge in [-0.25, -0.2) is 9.67 Å². The molecule has 19 heavy (non-hydrogen) atoms. The number of aromatic nitrogens is 4. The highest BCUT2D eigenvalue weighted by atomic mass is 79.9. The van der Waals surface area contributed by atoms with Crippen LogP contribution >= 0.6 is 15.9 Å². The van der Waals surface area contributed by atoms with Crippen molar-refractivity contribution in [1.29, 1.82) is 0 Å². The summed E-state index contributed by atoms with van der Waals surface area (Å²) in [6.45, 7) is 4.97. The Labute approximate surface area is 120 Å². The molecule has 0 saturated carbocycles. The third kappa shape index (κ3) is 2.30. The molecule has 0 amide bonds. The Bertz CT molecular complexity index is 711. The Hall–Kier alpha value is -1.62. The lowest BCUT2D eigenvalue weighted by Gasteiger charge is -2.10. The lowest BCUT2D eigenvalue weighted by Crippen LogP contribution is -2.11. The highest BCUT2D eigenvalue weighted by Gasteiger charge is 2.09. The van der Waals surface area contributed by atoms with Gasteiger partial charge in [0, 0.05) is 27.6 Å². The van der Waals surface area contributed by atoms with Crippen LogP contribution in [0.2, 0.25) is 0 Å². The van der Waals surface area contributed by atoms with Gasteiger partial charge in [-0.3, -0.25) is 0 Å². The van der Waals surface area contributed by atoms with E-state index in [9.17, 15) is 0 Å². The second kappa shape index (κ2) is 4.81. The fourth-order valence-electron chi connectivity index (χ4n) is 2.28. The first kappa shape index (κ1) is 12.4. The van der Waals surface area contributed by atoms with Crippen LogP contribution in [0.15, 0.2) is 41.3 Å². The predicted molar refractivity (Wildman–Crippen MR) is 79.1 cm³/mol. The summed E-state index contributed by atoms with van der Waals surface area (Å²) in [6.07, 6.45) is 3.72. The minimum Gasteiger partial charge on any atom is -0.340 e. The Morgan fingerprint density at radius 3 is 2.89 bits per heavy atom. The van der Waals surface area contributed by atoms with E-state index in [1.54, 1.807) is 6.33 Å². The molecule has 0 saturated heterocycles. The summed E-state index contributed by atoms with van der Waals surface area (Å²) in [7, 11) is 0. The predicted octanol–water partition coefficient (Wildman–Crippen LogP) is 3.62. The van der Waals surface area contributed by atoms with Crippen molar-refractivity contribution in [3.63, 3.8) is 0 Å². The third-order valence-electron chi connectivity index (χ3n) is 3.18. The Kier molecular flexibility index (Phi) is 3.14. The van der Waals surface area contributed by atoms with Crippen LogP contribution in [0.4, 0.5) is 0 Å². The zero-order valence-corrected chi connectivity index (χ0v) is 12.5. The van der Waals surface area contributed by atoms with Crippen molar-refractivity contribution in [3.8, 4) is 0 Å². The molecule has 0 radical (unpaired) electrons. The maximum Gasteiger partial charge on any atom is 0.147 e. The van der Waals surface area contributed by atoms with E-state index < -0.39 is 0 Å². The van der Waals surface area contributed by atoms with Crippen LogP contribution < -0.4 is 0 Å². The fourth-order valence-corrected chi connectivity index (χ4v) is 2.66. The quantitative estimate of drug-likeness (QED) is 0.739. The molecule has 0 aliphatic rings. The molecule has 0 unspecified atom stereocenters. The van der Waals surface area contributed by atoms with E-state index in [1.807, 2.05) is 4.68 Å². The van der Waals surface area contributed by atoms with E-state index in [4.69, 9.17) is 0 Å². The van der Waals surface area contributed by atoms with Crippen LogP contribution in [0.5, 0.6) is 0 Å². The molecule has 0 atom stereocenters. The Morgan fingerprint density at radius 2 is 2.11 bits per heavy atom. The van der Waals surface area contributed by atoms with Crippen LogP contribution in [0.3, 0.4) is 0 Å². The van der Waals surface area contributed by atoms with E-state index in [0.717, 1.165) is 16.8 Å².